The molecule has 24 heavy (non-hydrogen) atoms. The third-order valence-corrected chi connectivity index (χ3v) is 4.76. The number of rotatable bonds is 5. The van der Waals surface area contributed by atoms with E-state index in [4.69, 9.17) is 0 Å². The van der Waals surface area contributed by atoms with Gasteiger partial charge in [-0.05, 0) is 44.2 Å². The van der Waals surface area contributed by atoms with E-state index in [1.807, 2.05) is 45.0 Å². The Balaban J connectivity index is 1.94. The third kappa shape index (κ3) is 4.49. The van der Waals surface area contributed by atoms with Gasteiger partial charge in [-0.1, -0.05) is 31.2 Å². The minimum absolute atomic E-state index is 0.0266. The summed E-state index contributed by atoms with van der Waals surface area (Å²) in [5, 5.41) is 5.95. The Morgan fingerprint density at radius 1 is 1.25 bits per heavy atom. The molecule has 0 saturated carbocycles. The summed E-state index contributed by atoms with van der Waals surface area (Å²) in [4.78, 5) is 26.7. The highest BCUT2D eigenvalue weighted by Crippen LogP contribution is 2.30. The van der Waals surface area contributed by atoms with E-state index in [0.717, 1.165) is 31.4 Å². The van der Waals surface area contributed by atoms with Crippen molar-refractivity contribution in [3.63, 3.8) is 0 Å². The lowest BCUT2D eigenvalue weighted by Crippen LogP contribution is -2.54. The molecule has 1 aliphatic heterocycles. The normalized spacial score (nSPS) is 20.5. The Bertz CT molecular complexity index is 588. The maximum Gasteiger partial charge on any atom is 0.317 e. The van der Waals surface area contributed by atoms with Gasteiger partial charge in [0.1, 0.15) is 0 Å². The molecule has 1 atom stereocenters. The van der Waals surface area contributed by atoms with E-state index < -0.39 is 5.41 Å². The molecule has 1 aliphatic rings. The maximum atomic E-state index is 12.7. The quantitative estimate of drug-likeness (QED) is 0.871. The molecule has 1 unspecified atom stereocenters. The second-order valence-electron chi connectivity index (χ2n) is 6.93. The van der Waals surface area contributed by atoms with E-state index >= 15 is 0 Å². The second kappa shape index (κ2) is 8.18. The first-order valence-corrected chi connectivity index (χ1v) is 8.82. The lowest BCUT2D eigenvalue weighted by Gasteiger charge is -2.39. The SMILES string of the molecule is CCCNC(=O)N1CCCC(C)(C(=O)NCc2ccccc2C)C1. The monoisotopic (exact) mass is 331 g/mol. The van der Waals surface area contributed by atoms with Crippen molar-refractivity contribution in [1.29, 1.82) is 0 Å². The number of urea groups is 1. The number of likely N-dealkylation sites (tertiary alicyclic amines) is 1. The van der Waals surface area contributed by atoms with Crippen molar-refractivity contribution in [2.24, 2.45) is 5.41 Å². The molecule has 3 amide bonds. The van der Waals surface area contributed by atoms with Gasteiger partial charge in [0.05, 0.1) is 5.41 Å². The Morgan fingerprint density at radius 2 is 2.00 bits per heavy atom. The summed E-state index contributed by atoms with van der Waals surface area (Å²) >= 11 is 0. The van der Waals surface area contributed by atoms with Crippen LogP contribution in [0.15, 0.2) is 24.3 Å². The van der Waals surface area contributed by atoms with E-state index in [0.29, 0.717) is 19.6 Å². The van der Waals surface area contributed by atoms with Gasteiger partial charge < -0.3 is 15.5 Å². The van der Waals surface area contributed by atoms with Crippen molar-refractivity contribution >= 4 is 11.9 Å². The van der Waals surface area contributed by atoms with Gasteiger partial charge in [0, 0.05) is 26.2 Å². The average molecular weight is 331 g/mol. The van der Waals surface area contributed by atoms with Crippen LogP contribution in [0.2, 0.25) is 0 Å². The summed E-state index contributed by atoms with van der Waals surface area (Å²) in [6.07, 6.45) is 2.58. The minimum atomic E-state index is -0.523. The number of nitrogens with zero attached hydrogens (tertiary/aromatic N) is 1. The zero-order valence-electron chi connectivity index (χ0n) is 15.0. The van der Waals surface area contributed by atoms with Gasteiger partial charge in [-0.3, -0.25) is 4.79 Å². The summed E-state index contributed by atoms with van der Waals surface area (Å²) in [6.45, 7) is 8.43. The predicted molar refractivity (Wildman–Crippen MR) is 95.6 cm³/mol. The largest absolute Gasteiger partial charge is 0.351 e. The number of benzene rings is 1. The van der Waals surface area contributed by atoms with Crippen molar-refractivity contribution in [2.75, 3.05) is 19.6 Å². The number of piperidine rings is 1. The molecule has 0 radical (unpaired) electrons. The number of hydrogen-bond acceptors (Lipinski definition) is 2. The molecular weight excluding hydrogens is 302 g/mol. The molecule has 5 heteroatoms. The van der Waals surface area contributed by atoms with Crippen LogP contribution in [-0.2, 0) is 11.3 Å². The van der Waals surface area contributed by atoms with Crippen molar-refractivity contribution < 1.29 is 9.59 Å². The minimum Gasteiger partial charge on any atom is -0.351 e. The molecule has 0 aliphatic carbocycles. The highest BCUT2D eigenvalue weighted by Gasteiger charge is 2.39. The fourth-order valence-electron chi connectivity index (χ4n) is 3.14. The number of nitrogens with one attached hydrogen (secondary N) is 2. The van der Waals surface area contributed by atoms with Crippen LogP contribution >= 0.6 is 0 Å². The molecule has 2 N–H and O–H groups in total. The van der Waals surface area contributed by atoms with Crippen molar-refractivity contribution in [3.05, 3.63) is 35.4 Å². The van der Waals surface area contributed by atoms with Crippen LogP contribution in [0.25, 0.3) is 0 Å². The van der Waals surface area contributed by atoms with Gasteiger partial charge in [-0.25, -0.2) is 4.79 Å². The van der Waals surface area contributed by atoms with Gasteiger partial charge >= 0.3 is 6.03 Å². The molecule has 132 valence electrons. The smallest absolute Gasteiger partial charge is 0.317 e. The maximum absolute atomic E-state index is 12.7. The van der Waals surface area contributed by atoms with Crippen molar-refractivity contribution in [1.82, 2.24) is 15.5 Å². The van der Waals surface area contributed by atoms with Crippen LogP contribution in [0.4, 0.5) is 4.79 Å². The van der Waals surface area contributed by atoms with E-state index in [9.17, 15) is 9.59 Å². The van der Waals surface area contributed by atoms with Crippen LogP contribution in [0.5, 0.6) is 0 Å². The van der Waals surface area contributed by atoms with Crippen LogP contribution in [0.3, 0.4) is 0 Å². The number of hydrogen-bond donors (Lipinski definition) is 2. The van der Waals surface area contributed by atoms with Crippen LogP contribution in [-0.4, -0.2) is 36.5 Å². The Labute approximate surface area is 144 Å². The summed E-state index contributed by atoms with van der Waals surface area (Å²) in [6, 6.07) is 7.99. The highest BCUT2D eigenvalue weighted by atomic mass is 16.2. The molecule has 1 fully saturated rings. The molecule has 1 heterocycles. The van der Waals surface area contributed by atoms with Crippen molar-refractivity contribution in [3.8, 4) is 0 Å². The second-order valence-corrected chi connectivity index (χ2v) is 6.93. The standard InChI is InChI=1S/C19H29N3O2/c1-4-11-20-18(24)22-12-7-10-19(3,14-22)17(23)21-13-16-9-6-5-8-15(16)2/h5-6,8-9H,4,7,10-14H2,1-3H3,(H,20,24)(H,21,23). The Kier molecular flexibility index (Phi) is 6.23. The first kappa shape index (κ1) is 18.3. The zero-order valence-corrected chi connectivity index (χ0v) is 15.0. The molecule has 1 aromatic rings. The number of aryl methyl sites for hydroxylation is 1. The molecule has 0 aromatic heterocycles. The van der Waals surface area contributed by atoms with Gasteiger partial charge in [0.25, 0.3) is 0 Å². The summed E-state index contributed by atoms with van der Waals surface area (Å²) in [7, 11) is 0. The van der Waals surface area contributed by atoms with Gasteiger partial charge in [-0.15, -0.1) is 0 Å². The third-order valence-electron chi connectivity index (χ3n) is 4.76. The van der Waals surface area contributed by atoms with Crippen LogP contribution in [0.1, 0.15) is 44.2 Å². The summed E-state index contributed by atoms with van der Waals surface area (Å²) in [5.41, 5.74) is 1.78. The fraction of sp³-hybridized carbons (Fsp3) is 0.579. The fourth-order valence-corrected chi connectivity index (χ4v) is 3.14. The van der Waals surface area contributed by atoms with E-state index in [2.05, 4.69) is 10.6 Å². The zero-order chi connectivity index (χ0) is 17.6. The molecular formula is C19H29N3O2. The van der Waals surface area contributed by atoms with Crippen LogP contribution in [0, 0.1) is 12.3 Å². The van der Waals surface area contributed by atoms with Crippen LogP contribution < -0.4 is 10.6 Å². The molecule has 0 spiro atoms. The van der Waals surface area contributed by atoms with Crippen molar-refractivity contribution in [2.45, 2.75) is 46.6 Å². The lowest BCUT2D eigenvalue weighted by atomic mass is 9.81. The summed E-state index contributed by atoms with van der Waals surface area (Å²) in [5.74, 6) is 0.0266. The highest BCUT2D eigenvalue weighted by molar-refractivity contribution is 5.84. The van der Waals surface area contributed by atoms with Gasteiger partial charge in [0.15, 0.2) is 0 Å². The average Bonchev–Trinajstić information content (AvgIpc) is 2.58. The first-order valence-electron chi connectivity index (χ1n) is 8.82. The first-order chi connectivity index (χ1) is 11.5. The molecule has 1 saturated heterocycles. The predicted octanol–water partition coefficient (Wildman–Crippen LogP) is 2.83. The molecule has 0 bridgehead atoms. The molecule has 1 aromatic carbocycles. The topological polar surface area (TPSA) is 61.4 Å². The number of amides is 3. The van der Waals surface area contributed by atoms with Gasteiger partial charge in [0.2, 0.25) is 5.91 Å². The van der Waals surface area contributed by atoms with Gasteiger partial charge in [-0.2, -0.15) is 0 Å². The summed E-state index contributed by atoms with van der Waals surface area (Å²) < 4.78 is 0. The lowest BCUT2D eigenvalue weighted by molar-refractivity contribution is -0.132. The Morgan fingerprint density at radius 3 is 2.71 bits per heavy atom. The van der Waals surface area contributed by atoms with E-state index in [-0.39, 0.29) is 11.9 Å². The van der Waals surface area contributed by atoms with E-state index in [1.165, 1.54) is 5.56 Å². The number of carbonyl (C=O) groups is 2. The molecule has 2 rings (SSSR count). The molecule has 5 nitrogen and oxygen atoms in total. The van der Waals surface area contributed by atoms with E-state index in [1.54, 1.807) is 4.90 Å². The number of carbonyl (C=O) groups excluding carboxylic acids is 2. The Hall–Kier alpha value is -2.04.